The second-order valence-electron chi connectivity index (χ2n) is 3.40. The van der Waals surface area contributed by atoms with Crippen LogP contribution in [0.15, 0.2) is 0 Å². The SMILES string of the molecule is CC1CC(C=O)CC(O)C1O. The number of rotatable bonds is 1. The molecule has 0 heterocycles. The lowest BCUT2D eigenvalue weighted by Gasteiger charge is -2.32. The molecule has 11 heavy (non-hydrogen) atoms. The van der Waals surface area contributed by atoms with Crippen LogP contribution >= 0.6 is 0 Å². The molecule has 0 aromatic heterocycles. The summed E-state index contributed by atoms with van der Waals surface area (Å²) in [4.78, 5) is 10.4. The molecule has 1 saturated carbocycles. The van der Waals surface area contributed by atoms with Crippen molar-refractivity contribution in [3.05, 3.63) is 0 Å². The number of carbonyl (C=O) groups excluding carboxylic acids is 1. The van der Waals surface area contributed by atoms with Crippen LogP contribution in [0.3, 0.4) is 0 Å². The molecule has 0 aliphatic heterocycles. The molecule has 1 rings (SSSR count). The van der Waals surface area contributed by atoms with Crippen molar-refractivity contribution in [2.24, 2.45) is 11.8 Å². The van der Waals surface area contributed by atoms with Crippen LogP contribution in [0.4, 0.5) is 0 Å². The maximum atomic E-state index is 10.4. The van der Waals surface area contributed by atoms with E-state index in [2.05, 4.69) is 0 Å². The summed E-state index contributed by atoms with van der Waals surface area (Å²) in [6.07, 6.45) is 0.614. The van der Waals surface area contributed by atoms with E-state index in [1.165, 1.54) is 0 Å². The van der Waals surface area contributed by atoms with Crippen molar-refractivity contribution in [2.45, 2.75) is 32.0 Å². The van der Waals surface area contributed by atoms with Crippen molar-refractivity contribution < 1.29 is 15.0 Å². The Morgan fingerprint density at radius 1 is 1.36 bits per heavy atom. The lowest BCUT2D eigenvalue weighted by atomic mass is 9.79. The fraction of sp³-hybridized carbons (Fsp3) is 0.875. The van der Waals surface area contributed by atoms with Crippen LogP contribution in [0.2, 0.25) is 0 Å². The van der Waals surface area contributed by atoms with Gasteiger partial charge in [0.2, 0.25) is 0 Å². The van der Waals surface area contributed by atoms with Gasteiger partial charge in [-0.2, -0.15) is 0 Å². The Kier molecular flexibility index (Phi) is 2.62. The highest BCUT2D eigenvalue weighted by molar-refractivity contribution is 5.53. The van der Waals surface area contributed by atoms with Gasteiger partial charge in [-0.1, -0.05) is 6.92 Å². The number of aliphatic hydroxyl groups is 2. The minimum Gasteiger partial charge on any atom is -0.390 e. The molecule has 0 aromatic carbocycles. The van der Waals surface area contributed by atoms with Crippen molar-refractivity contribution in [3.63, 3.8) is 0 Å². The first-order valence-corrected chi connectivity index (χ1v) is 3.96. The Bertz CT molecular complexity index is 134. The summed E-state index contributed by atoms with van der Waals surface area (Å²) in [5, 5.41) is 18.5. The summed E-state index contributed by atoms with van der Waals surface area (Å²) < 4.78 is 0. The van der Waals surface area contributed by atoms with Crippen LogP contribution in [0.25, 0.3) is 0 Å². The summed E-state index contributed by atoms with van der Waals surface area (Å²) in [7, 11) is 0. The average molecular weight is 158 g/mol. The van der Waals surface area contributed by atoms with E-state index < -0.39 is 12.2 Å². The summed E-state index contributed by atoms with van der Waals surface area (Å²) >= 11 is 0. The minimum absolute atomic E-state index is 0.0361. The molecule has 0 saturated heterocycles. The molecule has 0 spiro atoms. The maximum absolute atomic E-state index is 10.4. The van der Waals surface area contributed by atoms with Crippen LogP contribution in [-0.4, -0.2) is 28.7 Å². The molecule has 1 aliphatic rings. The molecule has 0 amide bonds. The van der Waals surface area contributed by atoms with Gasteiger partial charge >= 0.3 is 0 Å². The second kappa shape index (κ2) is 3.32. The van der Waals surface area contributed by atoms with Crippen molar-refractivity contribution >= 4 is 6.29 Å². The highest BCUT2D eigenvalue weighted by atomic mass is 16.3. The number of hydrogen-bond acceptors (Lipinski definition) is 3. The standard InChI is InChI=1S/C8H14O3/c1-5-2-6(4-9)3-7(10)8(5)11/h4-8,10-11H,2-3H2,1H3. The molecule has 0 bridgehead atoms. The van der Waals surface area contributed by atoms with Gasteiger partial charge in [-0.25, -0.2) is 0 Å². The van der Waals surface area contributed by atoms with Gasteiger partial charge in [0.05, 0.1) is 12.2 Å². The molecular weight excluding hydrogens is 144 g/mol. The van der Waals surface area contributed by atoms with Gasteiger partial charge in [0.25, 0.3) is 0 Å². The molecule has 0 aromatic rings. The van der Waals surface area contributed by atoms with E-state index in [0.717, 1.165) is 6.29 Å². The fourth-order valence-corrected chi connectivity index (χ4v) is 1.65. The van der Waals surface area contributed by atoms with Crippen LogP contribution in [0.1, 0.15) is 19.8 Å². The molecule has 0 radical (unpaired) electrons. The third-order valence-corrected chi connectivity index (χ3v) is 2.39. The van der Waals surface area contributed by atoms with Gasteiger partial charge in [0.15, 0.2) is 0 Å². The van der Waals surface area contributed by atoms with E-state index in [1.807, 2.05) is 6.92 Å². The molecule has 3 nitrogen and oxygen atoms in total. The highest BCUT2D eigenvalue weighted by Gasteiger charge is 2.32. The first-order chi connectivity index (χ1) is 5.15. The Hall–Kier alpha value is -0.410. The Balaban J connectivity index is 2.54. The molecule has 4 atom stereocenters. The van der Waals surface area contributed by atoms with E-state index in [9.17, 15) is 15.0 Å². The average Bonchev–Trinajstić information content (AvgIpc) is 1.99. The fourth-order valence-electron chi connectivity index (χ4n) is 1.65. The predicted octanol–water partition coefficient (Wildman–Crippen LogP) is -0.0468. The van der Waals surface area contributed by atoms with Gasteiger partial charge in [0.1, 0.15) is 6.29 Å². The largest absolute Gasteiger partial charge is 0.390 e. The molecule has 4 unspecified atom stereocenters. The van der Waals surface area contributed by atoms with Gasteiger partial charge in [-0.15, -0.1) is 0 Å². The maximum Gasteiger partial charge on any atom is 0.123 e. The van der Waals surface area contributed by atoms with E-state index in [-0.39, 0.29) is 11.8 Å². The first-order valence-electron chi connectivity index (χ1n) is 3.96. The van der Waals surface area contributed by atoms with E-state index >= 15 is 0 Å². The minimum atomic E-state index is -0.714. The van der Waals surface area contributed by atoms with E-state index in [4.69, 9.17) is 0 Å². The number of hydrogen-bond donors (Lipinski definition) is 2. The topological polar surface area (TPSA) is 57.5 Å². The number of aliphatic hydroxyl groups excluding tert-OH is 2. The van der Waals surface area contributed by atoms with Gasteiger partial charge in [0, 0.05) is 5.92 Å². The first kappa shape index (κ1) is 8.68. The third kappa shape index (κ3) is 1.79. The Morgan fingerprint density at radius 2 is 2.00 bits per heavy atom. The zero-order valence-corrected chi connectivity index (χ0v) is 6.60. The van der Waals surface area contributed by atoms with Crippen molar-refractivity contribution in [2.75, 3.05) is 0 Å². The number of carbonyl (C=O) groups is 1. The zero-order chi connectivity index (χ0) is 8.43. The zero-order valence-electron chi connectivity index (χ0n) is 6.60. The molecule has 2 N–H and O–H groups in total. The molecule has 3 heteroatoms. The second-order valence-corrected chi connectivity index (χ2v) is 3.40. The highest BCUT2D eigenvalue weighted by Crippen LogP contribution is 2.27. The summed E-state index contributed by atoms with van der Waals surface area (Å²) in [6, 6.07) is 0. The Labute approximate surface area is 66.0 Å². The van der Waals surface area contributed by atoms with Crippen LogP contribution in [-0.2, 0) is 4.79 Å². The predicted molar refractivity (Wildman–Crippen MR) is 40.0 cm³/mol. The van der Waals surface area contributed by atoms with Gasteiger partial charge in [-0.05, 0) is 18.8 Å². The summed E-state index contributed by atoms with van der Waals surface area (Å²) in [6.45, 7) is 1.85. The quantitative estimate of drug-likeness (QED) is 0.526. The van der Waals surface area contributed by atoms with Crippen LogP contribution in [0, 0.1) is 11.8 Å². The van der Waals surface area contributed by atoms with Crippen molar-refractivity contribution in [3.8, 4) is 0 Å². The third-order valence-electron chi connectivity index (χ3n) is 2.39. The normalized spacial score (nSPS) is 45.4. The van der Waals surface area contributed by atoms with Gasteiger partial charge < -0.3 is 15.0 Å². The number of aldehydes is 1. The lowest BCUT2D eigenvalue weighted by Crippen LogP contribution is -2.39. The van der Waals surface area contributed by atoms with Crippen LogP contribution in [0.5, 0.6) is 0 Å². The summed E-state index contributed by atoms with van der Waals surface area (Å²) in [5.74, 6) is -0.0302. The Morgan fingerprint density at radius 3 is 2.45 bits per heavy atom. The monoisotopic (exact) mass is 158 g/mol. The lowest BCUT2D eigenvalue weighted by molar-refractivity contribution is -0.117. The molecular formula is C8H14O3. The molecule has 1 aliphatic carbocycles. The smallest absolute Gasteiger partial charge is 0.123 e. The van der Waals surface area contributed by atoms with Crippen molar-refractivity contribution in [1.29, 1.82) is 0 Å². The van der Waals surface area contributed by atoms with Crippen LogP contribution < -0.4 is 0 Å². The molecule has 1 fully saturated rings. The van der Waals surface area contributed by atoms with Gasteiger partial charge in [-0.3, -0.25) is 0 Å². The van der Waals surface area contributed by atoms with Crippen molar-refractivity contribution in [1.82, 2.24) is 0 Å². The molecule has 64 valence electrons. The summed E-state index contributed by atoms with van der Waals surface area (Å²) in [5.41, 5.74) is 0. The van der Waals surface area contributed by atoms with E-state index in [0.29, 0.717) is 12.8 Å². The van der Waals surface area contributed by atoms with E-state index in [1.54, 1.807) is 0 Å².